The average molecular weight is 521 g/mol. The standard InChI is InChI=1S/C27H29ClN6O3/c1-2-21(35)31-19-13-20(24(37)23(19)36)34-15-30-22-25(32-27(28)33-26(22)34)29-14-18(16-9-5-3-6-10-16)17-11-7-4-8-12-17/h3-12,15,18-20,23-24,36-37H,2,13-14H2,1H3,(H,31,35)(H,29,32,33). The maximum atomic E-state index is 11.9. The number of imidazole rings is 1. The molecule has 5 rings (SSSR count). The lowest BCUT2D eigenvalue weighted by Gasteiger charge is -2.20. The SMILES string of the molecule is CCC(=O)NC1CC(n2cnc3c(NCC(c4ccccc4)c4ccccc4)nc(Cl)nc32)C(O)C1O. The zero-order chi connectivity index (χ0) is 25.9. The minimum atomic E-state index is -1.11. The van der Waals surface area contributed by atoms with E-state index in [1.807, 2.05) is 36.4 Å². The predicted molar refractivity (Wildman–Crippen MR) is 141 cm³/mol. The molecule has 4 aromatic rings. The molecule has 4 N–H and O–H groups in total. The highest BCUT2D eigenvalue weighted by atomic mass is 35.5. The Morgan fingerprint density at radius 2 is 1.70 bits per heavy atom. The van der Waals surface area contributed by atoms with Crippen molar-refractivity contribution >= 4 is 34.5 Å². The molecule has 9 nitrogen and oxygen atoms in total. The molecule has 1 saturated carbocycles. The van der Waals surface area contributed by atoms with Crippen LogP contribution in [0, 0.1) is 0 Å². The Morgan fingerprint density at radius 3 is 2.32 bits per heavy atom. The molecule has 0 spiro atoms. The third kappa shape index (κ3) is 5.16. The number of carbonyl (C=O) groups is 1. The molecule has 1 amide bonds. The number of benzene rings is 2. The highest BCUT2D eigenvalue weighted by Gasteiger charge is 2.43. The Balaban J connectivity index is 1.43. The van der Waals surface area contributed by atoms with Crippen LogP contribution in [0.25, 0.3) is 11.2 Å². The Morgan fingerprint density at radius 1 is 1.05 bits per heavy atom. The van der Waals surface area contributed by atoms with Crippen LogP contribution in [0.5, 0.6) is 0 Å². The number of aliphatic hydroxyl groups is 2. The Kier molecular flexibility index (Phi) is 7.36. The highest BCUT2D eigenvalue weighted by Crippen LogP contribution is 2.35. The van der Waals surface area contributed by atoms with E-state index in [-0.39, 0.29) is 17.1 Å². The van der Waals surface area contributed by atoms with Crippen LogP contribution in [0.4, 0.5) is 5.82 Å². The summed E-state index contributed by atoms with van der Waals surface area (Å²) in [7, 11) is 0. The first-order chi connectivity index (χ1) is 18.0. The summed E-state index contributed by atoms with van der Waals surface area (Å²) in [6.45, 7) is 2.28. The molecule has 0 aliphatic heterocycles. The molecule has 192 valence electrons. The molecular weight excluding hydrogens is 492 g/mol. The number of rotatable bonds is 8. The number of fused-ring (bicyclic) bond motifs is 1. The van der Waals surface area contributed by atoms with Crippen molar-refractivity contribution in [2.24, 2.45) is 0 Å². The maximum absolute atomic E-state index is 11.9. The number of nitrogens with zero attached hydrogens (tertiary/aromatic N) is 4. The fourth-order valence-electron chi connectivity index (χ4n) is 4.99. The maximum Gasteiger partial charge on any atom is 0.226 e. The van der Waals surface area contributed by atoms with Gasteiger partial charge in [-0.05, 0) is 29.1 Å². The van der Waals surface area contributed by atoms with Gasteiger partial charge in [0, 0.05) is 18.9 Å². The summed E-state index contributed by atoms with van der Waals surface area (Å²) in [5, 5.41) is 27.5. The van der Waals surface area contributed by atoms with E-state index in [9.17, 15) is 15.0 Å². The fourth-order valence-corrected chi connectivity index (χ4v) is 5.15. The number of anilines is 1. The van der Waals surface area contributed by atoms with Crippen LogP contribution < -0.4 is 10.6 Å². The summed E-state index contributed by atoms with van der Waals surface area (Å²) >= 11 is 6.32. The number of amides is 1. The second-order valence-corrected chi connectivity index (χ2v) is 9.57. The minimum absolute atomic E-state index is 0.0385. The molecular formula is C27H29ClN6O3. The van der Waals surface area contributed by atoms with Crippen molar-refractivity contribution in [3.8, 4) is 0 Å². The summed E-state index contributed by atoms with van der Waals surface area (Å²) in [5.41, 5.74) is 3.27. The normalized spacial score (nSPS) is 21.4. The van der Waals surface area contributed by atoms with Gasteiger partial charge in [-0.2, -0.15) is 9.97 Å². The smallest absolute Gasteiger partial charge is 0.226 e. The topological polar surface area (TPSA) is 125 Å². The van der Waals surface area contributed by atoms with Crippen LogP contribution in [-0.2, 0) is 4.79 Å². The first-order valence-electron chi connectivity index (χ1n) is 12.4. The Bertz CT molecular complexity index is 1330. The average Bonchev–Trinajstić information content (AvgIpc) is 3.46. The quantitative estimate of drug-likeness (QED) is 0.263. The second-order valence-electron chi connectivity index (χ2n) is 9.23. The summed E-state index contributed by atoms with van der Waals surface area (Å²) < 4.78 is 1.70. The molecule has 2 aromatic carbocycles. The molecule has 1 aliphatic carbocycles. The highest BCUT2D eigenvalue weighted by molar-refractivity contribution is 6.28. The van der Waals surface area contributed by atoms with Gasteiger partial charge in [0.15, 0.2) is 17.0 Å². The number of halogens is 1. The van der Waals surface area contributed by atoms with Gasteiger partial charge in [0.2, 0.25) is 11.2 Å². The van der Waals surface area contributed by atoms with Crippen molar-refractivity contribution in [3.63, 3.8) is 0 Å². The third-order valence-corrected chi connectivity index (χ3v) is 7.12. The van der Waals surface area contributed by atoms with E-state index in [0.29, 0.717) is 36.4 Å². The van der Waals surface area contributed by atoms with Crippen molar-refractivity contribution in [1.29, 1.82) is 0 Å². The lowest BCUT2D eigenvalue weighted by atomic mass is 9.91. The van der Waals surface area contributed by atoms with Gasteiger partial charge in [0.05, 0.1) is 18.4 Å². The number of hydrogen-bond donors (Lipinski definition) is 4. The number of aromatic nitrogens is 4. The zero-order valence-electron chi connectivity index (χ0n) is 20.3. The van der Waals surface area contributed by atoms with Gasteiger partial charge in [-0.15, -0.1) is 0 Å². The van der Waals surface area contributed by atoms with E-state index in [1.54, 1.807) is 17.8 Å². The molecule has 0 radical (unpaired) electrons. The molecule has 0 bridgehead atoms. The van der Waals surface area contributed by atoms with E-state index in [4.69, 9.17) is 11.6 Å². The second kappa shape index (κ2) is 10.8. The number of nitrogens with one attached hydrogen (secondary N) is 2. The van der Waals surface area contributed by atoms with E-state index >= 15 is 0 Å². The molecule has 4 atom stereocenters. The van der Waals surface area contributed by atoms with Crippen LogP contribution in [0.1, 0.15) is 42.9 Å². The van der Waals surface area contributed by atoms with Gasteiger partial charge in [-0.1, -0.05) is 67.6 Å². The van der Waals surface area contributed by atoms with Crippen LogP contribution in [0.15, 0.2) is 67.0 Å². The number of aliphatic hydroxyl groups excluding tert-OH is 2. The van der Waals surface area contributed by atoms with E-state index < -0.39 is 24.3 Å². The van der Waals surface area contributed by atoms with Crippen molar-refractivity contribution in [1.82, 2.24) is 24.8 Å². The minimum Gasteiger partial charge on any atom is -0.388 e. The van der Waals surface area contributed by atoms with Crippen LogP contribution in [0.2, 0.25) is 5.28 Å². The largest absolute Gasteiger partial charge is 0.388 e. The fraction of sp³-hybridized carbons (Fsp3) is 0.333. The lowest BCUT2D eigenvalue weighted by molar-refractivity contribution is -0.122. The van der Waals surface area contributed by atoms with Gasteiger partial charge in [0.25, 0.3) is 0 Å². The molecule has 10 heteroatoms. The molecule has 1 fully saturated rings. The van der Waals surface area contributed by atoms with Gasteiger partial charge in [0.1, 0.15) is 12.2 Å². The van der Waals surface area contributed by atoms with Crippen molar-refractivity contribution in [2.45, 2.75) is 50.0 Å². The van der Waals surface area contributed by atoms with Crippen LogP contribution in [0.3, 0.4) is 0 Å². The molecule has 2 heterocycles. The van der Waals surface area contributed by atoms with Crippen molar-refractivity contribution in [2.75, 3.05) is 11.9 Å². The van der Waals surface area contributed by atoms with Crippen molar-refractivity contribution in [3.05, 3.63) is 83.4 Å². The predicted octanol–water partition coefficient (Wildman–Crippen LogP) is 3.29. The summed E-state index contributed by atoms with van der Waals surface area (Å²) in [5.74, 6) is 0.355. The van der Waals surface area contributed by atoms with E-state index in [0.717, 1.165) is 11.1 Å². The van der Waals surface area contributed by atoms with E-state index in [1.165, 1.54) is 0 Å². The number of carbonyl (C=O) groups excluding carboxylic acids is 1. The van der Waals surface area contributed by atoms with Crippen LogP contribution in [-0.4, -0.2) is 60.4 Å². The molecule has 0 saturated heterocycles. The van der Waals surface area contributed by atoms with Gasteiger partial charge in [-0.25, -0.2) is 4.98 Å². The molecule has 37 heavy (non-hydrogen) atoms. The first-order valence-corrected chi connectivity index (χ1v) is 12.7. The van der Waals surface area contributed by atoms with Crippen molar-refractivity contribution < 1.29 is 15.0 Å². The summed E-state index contributed by atoms with van der Waals surface area (Å²) in [6.07, 6.45) is -0.0237. The summed E-state index contributed by atoms with van der Waals surface area (Å²) in [4.78, 5) is 25.2. The van der Waals surface area contributed by atoms with Gasteiger partial charge >= 0.3 is 0 Å². The molecule has 1 aliphatic rings. The monoisotopic (exact) mass is 520 g/mol. The third-order valence-electron chi connectivity index (χ3n) is 6.95. The van der Waals surface area contributed by atoms with Gasteiger partial charge in [-0.3, -0.25) is 4.79 Å². The number of hydrogen-bond acceptors (Lipinski definition) is 7. The first kappa shape index (κ1) is 25.1. The zero-order valence-corrected chi connectivity index (χ0v) is 21.1. The molecule has 4 unspecified atom stereocenters. The van der Waals surface area contributed by atoms with Gasteiger partial charge < -0.3 is 25.4 Å². The lowest BCUT2D eigenvalue weighted by Crippen LogP contribution is -2.42. The summed E-state index contributed by atoms with van der Waals surface area (Å²) in [6, 6.07) is 19.3. The Hall–Kier alpha value is -3.53. The van der Waals surface area contributed by atoms with Crippen LogP contribution >= 0.6 is 11.6 Å². The van der Waals surface area contributed by atoms with E-state index in [2.05, 4.69) is 49.9 Å². The Labute approximate surface area is 219 Å². The molecule has 2 aromatic heterocycles.